The first-order chi connectivity index (χ1) is 17.0. The molecule has 14 heteroatoms. The lowest BCUT2D eigenvalue weighted by Crippen LogP contribution is -2.54. The molecule has 1 fully saturated rings. The lowest BCUT2D eigenvalue weighted by molar-refractivity contribution is -0.179. The maximum atomic E-state index is 13.5. The third-order valence-corrected chi connectivity index (χ3v) is 5.99. The van der Waals surface area contributed by atoms with Gasteiger partial charge >= 0.3 is 24.4 Å². The van der Waals surface area contributed by atoms with Crippen molar-refractivity contribution in [2.24, 2.45) is 0 Å². The van der Waals surface area contributed by atoms with E-state index in [1.807, 2.05) is 0 Å². The fourth-order valence-corrected chi connectivity index (χ4v) is 4.04. The van der Waals surface area contributed by atoms with Crippen LogP contribution >= 0.6 is 0 Å². The van der Waals surface area contributed by atoms with Gasteiger partial charge in [0.15, 0.2) is 0 Å². The van der Waals surface area contributed by atoms with E-state index in [2.05, 4.69) is 0 Å². The van der Waals surface area contributed by atoms with Crippen molar-refractivity contribution >= 4 is 5.91 Å². The van der Waals surface area contributed by atoms with Gasteiger partial charge in [-0.05, 0) is 54.3 Å². The fraction of sp³-hybridized carbons (Fsp3) is 0.435. The maximum absolute atomic E-state index is 13.5. The van der Waals surface area contributed by atoms with Crippen LogP contribution in [0.3, 0.4) is 0 Å². The van der Waals surface area contributed by atoms with Crippen molar-refractivity contribution in [2.75, 3.05) is 19.7 Å². The number of carbonyl (C=O) groups is 1. The van der Waals surface area contributed by atoms with Gasteiger partial charge in [0.05, 0.1) is 24.3 Å². The Morgan fingerprint density at radius 1 is 0.865 bits per heavy atom. The summed E-state index contributed by atoms with van der Waals surface area (Å²) in [5.74, 6) is -2.73. The SMILES string of the molecule is O=C(NN1CCC(COCc2cc(C(F)(F)F)cc(C(F)(F)F)c2)(c2ccc(F)cc2)CC1)C(F)(F)F. The van der Waals surface area contributed by atoms with E-state index in [1.54, 1.807) is 5.43 Å². The van der Waals surface area contributed by atoms with Crippen LogP contribution < -0.4 is 5.43 Å². The number of hydrogen-bond donors (Lipinski definition) is 1. The molecule has 204 valence electrons. The van der Waals surface area contributed by atoms with Gasteiger partial charge in [0, 0.05) is 18.5 Å². The second kappa shape index (κ2) is 10.5. The fourth-order valence-electron chi connectivity index (χ4n) is 4.04. The van der Waals surface area contributed by atoms with Crippen LogP contribution in [-0.4, -0.2) is 36.8 Å². The van der Waals surface area contributed by atoms with E-state index in [-0.39, 0.29) is 44.2 Å². The maximum Gasteiger partial charge on any atom is 0.472 e. The van der Waals surface area contributed by atoms with Gasteiger partial charge in [-0.25, -0.2) is 9.40 Å². The van der Waals surface area contributed by atoms with Crippen molar-refractivity contribution in [3.05, 3.63) is 70.5 Å². The van der Waals surface area contributed by atoms with Crippen LogP contribution in [0.5, 0.6) is 0 Å². The molecule has 0 radical (unpaired) electrons. The number of carbonyl (C=O) groups excluding carboxylic acids is 1. The number of piperidine rings is 1. The molecular weight excluding hydrogens is 526 g/mol. The van der Waals surface area contributed by atoms with Crippen LogP contribution in [-0.2, 0) is 33.9 Å². The highest BCUT2D eigenvalue weighted by Gasteiger charge is 2.42. The van der Waals surface area contributed by atoms with Crippen LogP contribution in [0.25, 0.3) is 0 Å². The Morgan fingerprint density at radius 2 is 1.38 bits per heavy atom. The Hall–Kier alpha value is -2.87. The van der Waals surface area contributed by atoms with Crippen molar-refractivity contribution < 1.29 is 53.4 Å². The summed E-state index contributed by atoms with van der Waals surface area (Å²) in [6.45, 7) is -1.02. The van der Waals surface area contributed by atoms with Crippen LogP contribution in [0.4, 0.5) is 43.9 Å². The molecule has 0 spiro atoms. The summed E-state index contributed by atoms with van der Waals surface area (Å²) in [5.41, 5.74) is -2.09. The van der Waals surface area contributed by atoms with Gasteiger partial charge in [-0.2, -0.15) is 39.5 Å². The third kappa shape index (κ3) is 7.34. The average Bonchev–Trinajstić information content (AvgIpc) is 2.79. The summed E-state index contributed by atoms with van der Waals surface area (Å²) in [7, 11) is 0. The van der Waals surface area contributed by atoms with Gasteiger partial charge in [0.2, 0.25) is 0 Å². The topological polar surface area (TPSA) is 41.6 Å². The van der Waals surface area contributed by atoms with Crippen LogP contribution in [0.2, 0.25) is 0 Å². The van der Waals surface area contributed by atoms with E-state index in [4.69, 9.17) is 4.74 Å². The Balaban J connectivity index is 1.78. The molecule has 3 rings (SSSR count). The summed E-state index contributed by atoms with van der Waals surface area (Å²) < 4.78 is 135. The summed E-state index contributed by atoms with van der Waals surface area (Å²) in [4.78, 5) is 11.2. The zero-order valence-corrected chi connectivity index (χ0v) is 18.8. The molecular formula is C23H20F10N2O2. The predicted octanol–water partition coefficient (Wildman–Crippen LogP) is 6.01. The Labute approximate surface area is 204 Å². The van der Waals surface area contributed by atoms with Gasteiger partial charge in [-0.1, -0.05) is 12.1 Å². The highest BCUT2D eigenvalue weighted by molar-refractivity contribution is 5.81. The molecule has 1 amide bonds. The summed E-state index contributed by atoms with van der Waals surface area (Å²) in [6.07, 6.45) is -15.0. The van der Waals surface area contributed by atoms with Crippen LogP contribution in [0.1, 0.15) is 35.1 Å². The lowest BCUT2D eigenvalue weighted by Gasteiger charge is -2.42. The summed E-state index contributed by atoms with van der Waals surface area (Å²) in [6, 6.07) is 6.16. The minimum Gasteiger partial charge on any atom is -0.376 e. The van der Waals surface area contributed by atoms with Crippen LogP contribution in [0, 0.1) is 5.82 Å². The molecule has 1 aliphatic heterocycles. The molecule has 4 nitrogen and oxygen atoms in total. The summed E-state index contributed by atoms with van der Waals surface area (Å²) >= 11 is 0. The smallest absolute Gasteiger partial charge is 0.376 e. The second-order valence-electron chi connectivity index (χ2n) is 8.62. The van der Waals surface area contributed by atoms with Crippen LogP contribution in [0.15, 0.2) is 42.5 Å². The average molecular weight is 546 g/mol. The number of nitrogens with zero attached hydrogens (tertiary/aromatic N) is 1. The van der Waals surface area contributed by atoms with E-state index in [1.165, 1.54) is 12.1 Å². The number of rotatable bonds is 6. The second-order valence-corrected chi connectivity index (χ2v) is 8.62. The minimum absolute atomic E-state index is 0.00549. The normalized spacial score (nSPS) is 17.0. The van der Waals surface area contributed by atoms with Gasteiger partial charge in [-0.15, -0.1) is 0 Å². The molecule has 0 atom stereocenters. The Bertz CT molecular complexity index is 1050. The van der Waals surface area contributed by atoms with Gasteiger partial charge in [-0.3, -0.25) is 10.2 Å². The molecule has 1 N–H and O–H groups in total. The van der Waals surface area contributed by atoms with Crippen molar-refractivity contribution in [3.63, 3.8) is 0 Å². The van der Waals surface area contributed by atoms with Gasteiger partial charge in [0.1, 0.15) is 5.82 Å². The standard InChI is InChI=1S/C23H20F10N2O2/c24-18-3-1-15(2-4-18)20(5-7-35(8-6-20)34-19(36)23(31,32)33)13-37-12-14-9-16(21(25,26)27)11-17(10-14)22(28,29)30/h1-4,9-11H,5-8,12-13H2,(H,34,36). The number of alkyl halides is 9. The van der Waals surface area contributed by atoms with E-state index in [0.29, 0.717) is 17.7 Å². The molecule has 0 aromatic heterocycles. The van der Waals surface area contributed by atoms with E-state index >= 15 is 0 Å². The molecule has 0 saturated carbocycles. The number of benzene rings is 2. The van der Waals surface area contributed by atoms with Crippen molar-refractivity contribution in [3.8, 4) is 0 Å². The lowest BCUT2D eigenvalue weighted by atomic mass is 9.73. The largest absolute Gasteiger partial charge is 0.472 e. The first kappa shape index (κ1) is 28.7. The van der Waals surface area contributed by atoms with Crippen molar-refractivity contribution in [1.82, 2.24) is 10.4 Å². The number of ether oxygens (including phenoxy) is 1. The number of hydrogen-bond acceptors (Lipinski definition) is 3. The Kier molecular flexibility index (Phi) is 8.13. The molecule has 1 aliphatic rings. The molecule has 0 aliphatic carbocycles. The zero-order chi connectivity index (χ0) is 27.6. The molecule has 2 aromatic rings. The predicted molar refractivity (Wildman–Crippen MR) is 109 cm³/mol. The molecule has 1 saturated heterocycles. The molecule has 2 aromatic carbocycles. The Morgan fingerprint density at radius 3 is 1.84 bits per heavy atom. The third-order valence-electron chi connectivity index (χ3n) is 5.99. The van der Waals surface area contributed by atoms with Crippen molar-refractivity contribution in [2.45, 2.75) is 43.4 Å². The zero-order valence-electron chi connectivity index (χ0n) is 18.8. The number of halogens is 10. The highest BCUT2D eigenvalue weighted by Crippen LogP contribution is 2.38. The van der Waals surface area contributed by atoms with Gasteiger partial charge in [0.25, 0.3) is 0 Å². The number of hydrazine groups is 1. The number of nitrogens with one attached hydrogen (secondary N) is 1. The van der Waals surface area contributed by atoms with Crippen molar-refractivity contribution in [1.29, 1.82) is 0 Å². The van der Waals surface area contributed by atoms with E-state index in [0.717, 1.165) is 17.1 Å². The highest BCUT2D eigenvalue weighted by atomic mass is 19.4. The monoisotopic (exact) mass is 546 g/mol. The summed E-state index contributed by atoms with van der Waals surface area (Å²) in [5, 5.41) is 1.04. The first-order valence-corrected chi connectivity index (χ1v) is 10.7. The molecule has 0 unspecified atom stereocenters. The quantitative estimate of drug-likeness (QED) is 0.452. The molecule has 1 heterocycles. The van der Waals surface area contributed by atoms with Gasteiger partial charge < -0.3 is 4.74 Å². The molecule has 37 heavy (non-hydrogen) atoms. The first-order valence-electron chi connectivity index (χ1n) is 10.7. The minimum atomic E-state index is -5.10. The van der Waals surface area contributed by atoms with E-state index in [9.17, 15) is 48.7 Å². The number of amides is 1. The van der Waals surface area contributed by atoms with E-state index < -0.39 is 53.4 Å². The molecule has 0 bridgehead atoms.